The summed E-state index contributed by atoms with van der Waals surface area (Å²) in [4.78, 5) is 14.2. The van der Waals surface area contributed by atoms with Crippen LogP contribution in [0, 0.1) is 13.8 Å². The molecule has 1 fully saturated rings. The van der Waals surface area contributed by atoms with Gasteiger partial charge in [0.05, 0.1) is 17.4 Å². The van der Waals surface area contributed by atoms with Crippen LogP contribution in [0.25, 0.3) is 0 Å². The summed E-state index contributed by atoms with van der Waals surface area (Å²) in [5, 5.41) is 10.6. The van der Waals surface area contributed by atoms with Crippen molar-refractivity contribution in [1.82, 2.24) is 24.8 Å². The van der Waals surface area contributed by atoms with Crippen LogP contribution in [0.1, 0.15) is 29.9 Å². The lowest BCUT2D eigenvalue weighted by Crippen LogP contribution is -2.43. The zero-order valence-corrected chi connectivity index (χ0v) is 15.3. The van der Waals surface area contributed by atoms with Gasteiger partial charge in [-0.3, -0.25) is 4.79 Å². The molecular weight excluding hydrogens is 346 g/mol. The third-order valence-corrected chi connectivity index (χ3v) is 6.89. The summed E-state index contributed by atoms with van der Waals surface area (Å²) >= 11 is 0. The predicted octanol–water partition coefficient (Wildman–Crippen LogP) is 0.427. The lowest BCUT2D eigenvalue weighted by molar-refractivity contribution is -0.131. The molecule has 0 unspecified atom stereocenters. The van der Waals surface area contributed by atoms with Gasteiger partial charge in [0, 0.05) is 25.7 Å². The molecule has 1 aliphatic heterocycles. The van der Waals surface area contributed by atoms with Gasteiger partial charge in [0.15, 0.2) is 0 Å². The molecule has 2 aromatic heterocycles. The molecule has 1 amide bonds. The van der Waals surface area contributed by atoms with Gasteiger partial charge in [-0.05, 0) is 26.7 Å². The Bertz CT molecular complexity index is 858. The summed E-state index contributed by atoms with van der Waals surface area (Å²) in [5.74, 6) is 0.606. The van der Waals surface area contributed by atoms with E-state index in [1.54, 1.807) is 25.8 Å². The van der Waals surface area contributed by atoms with Crippen molar-refractivity contribution in [1.29, 1.82) is 0 Å². The minimum absolute atomic E-state index is 0.0204. The van der Waals surface area contributed by atoms with Crippen LogP contribution >= 0.6 is 0 Å². The van der Waals surface area contributed by atoms with Gasteiger partial charge in [0.2, 0.25) is 20.9 Å². The van der Waals surface area contributed by atoms with Gasteiger partial charge in [-0.25, -0.2) is 8.42 Å². The summed E-state index contributed by atoms with van der Waals surface area (Å²) < 4.78 is 31.8. The van der Waals surface area contributed by atoms with Crippen LogP contribution in [0.3, 0.4) is 0 Å². The van der Waals surface area contributed by atoms with Crippen molar-refractivity contribution in [3.8, 4) is 0 Å². The van der Waals surface area contributed by atoms with Crippen LogP contribution in [0.15, 0.2) is 16.0 Å². The highest BCUT2D eigenvalue weighted by atomic mass is 32.2. The highest BCUT2D eigenvalue weighted by molar-refractivity contribution is 7.91. The molecule has 0 spiro atoms. The third kappa shape index (κ3) is 3.30. The van der Waals surface area contributed by atoms with Gasteiger partial charge in [-0.15, -0.1) is 10.2 Å². The Morgan fingerprint density at radius 3 is 2.52 bits per heavy atom. The maximum atomic E-state index is 12.6. The average molecular weight is 367 g/mol. The molecule has 1 saturated heterocycles. The molecule has 0 aromatic carbocycles. The highest BCUT2D eigenvalue weighted by Crippen LogP contribution is 2.24. The molecule has 3 rings (SSSR count). The molecular formula is C15H21N5O4S. The third-order valence-electron chi connectivity index (χ3n) is 4.67. The fourth-order valence-electron chi connectivity index (χ4n) is 3.11. The maximum Gasteiger partial charge on any atom is 0.249 e. The molecule has 0 bridgehead atoms. The fourth-order valence-corrected chi connectivity index (χ4v) is 4.85. The lowest BCUT2D eigenvalue weighted by atomic mass is 10.1. The Balaban J connectivity index is 1.64. The van der Waals surface area contributed by atoms with Crippen LogP contribution in [0.5, 0.6) is 0 Å². The predicted molar refractivity (Wildman–Crippen MR) is 87.5 cm³/mol. The molecule has 1 aliphatic rings. The van der Waals surface area contributed by atoms with Crippen LogP contribution in [-0.4, -0.2) is 57.5 Å². The second kappa shape index (κ2) is 6.58. The van der Waals surface area contributed by atoms with Crippen LogP contribution in [0.2, 0.25) is 0 Å². The van der Waals surface area contributed by atoms with Gasteiger partial charge in [0.25, 0.3) is 0 Å². The molecule has 0 radical (unpaired) electrons. The van der Waals surface area contributed by atoms with Crippen molar-refractivity contribution in [3.05, 3.63) is 23.3 Å². The molecule has 25 heavy (non-hydrogen) atoms. The Labute approximate surface area is 145 Å². The number of likely N-dealkylation sites (tertiary alicyclic amines) is 1. The number of amides is 1. The number of aryl methyl sites for hydroxylation is 3. The Kier molecular flexibility index (Phi) is 4.63. The topological polar surface area (TPSA) is 111 Å². The second-order valence-corrected chi connectivity index (χ2v) is 8.45. The van der Waals surface area contributed by atoms with E-state index in [9.17, 15) is 13.2 Å². The molecule has 0 atom stereocenters. The normalized spacial score (nSPS) is 16.4. The molecule has 136 valence electrons. The van der Waals surface area contributed by atoms with E-state index < -0.39 is 15.1 Å². The summed E-state index contributed by atoms with van der Waals surface area (Å²) in [5.41, 5.74) is 1.52. The van der Waals surface area contributed by atoms with Gasteiger partial charge in [-0.1, -0.05) is 5.16 Å². The summed E-state index contributed by atoms with van der Waals surface area (Å²) in [7, 11) is -1.93. The van der Waals surface area contributed by atoms with Gasteiger partial charge < -0.3 is 14.0 Å². The number of carbonyl (C=O) groups excluding carboxylic acids is 1. The van der Waals surface area contributed by atoms with Crippen molar-refractivity contribution in [2.45, 2.75) is 43.5 Å². The first kappa shape index (κ1) is 17.6. The van der Waals surface area contributed by atoms with E-state index in [2.05, 4.69) is 15.4 Å². The van der Waals surface area contributed by atoms with E-state index in [-0.39, 0.29) is 17.5 Å². The van der Waals surface area contributed by atoms with Crippen molar-refractivity contribution < 1.29 is 17.7 Å². The van der Waals surface area contributed by atoms with Crippen LogP contribution < -0.4 is 0 Å². The fraction of sp³-hybridized carbons (Fsp3) is 0.600. The smallest absolute Gasteiger partial charge is 0.249 e. The lowest BCUT2D eigenvalue weighted by Gasteiger charge is -2.31. The average Bonchev–Trinajstić information content (AvgIpc) is 3.15. The molecule has 9 nitrogen and oxygen atoms in total. The minimum atomic E-state index is -3.54. The zero-order chi connectivity index (χ0) is 18.2. The van der Waals surface area contributed by atoms with E-state index in [1.165, 1.54) is 10.9 Å². The van der Waals surface area contributed by atoms with E-state index in [0.29, 0.717) is 37.4 Å². The molecule has 10 heteroatoms. The number of nitrogens with zero attached hydrogens (tertiary/aromatic N) is 5. The number of carbonyl (C=O) groups is 1. The van der Waals surface area contributed by atoms with E-state index in [4.69, 9.17) is 4.52 Å². The van der Waals surface area contributed by atoms with Crippen LogP contribution in [-0.2, 0) is 28.1 Å². The van der Waals surface area contributed by atoms with Crippen molar-refractivity contribution in [3.63, 3.8) is 0 Å². The largest absolute Gasteiger partial charge is 0.361 e. The summed E-state index contributed by atoms with van der Waals surface area (Å²) in [6, 6.07) is 0. The van der Waals surface area contributed by atoms with Crippen molar-refractivity contribution in [2.75, 3.05) is 13.1 Å². The summed E-state index contributed by atoms with van der Waals surface area (Å²) in [6.45, 7) is 4.40. The zero-order valence-electron chi connectivity index (χ0n) is 14.5. The molecule has 0 saturated carbocycles. The molecule has 0 N–H and O–H groups in total. The first-order valence-electron chi connectivity index (χ1n) is 8.08. The molecule has 2 aromatic rings. The minimum Gasteiger partial charge on any atom is -0.361 e. The number of hydrogen-bond acceptors (Lipinski definition) is 7. The number of sulfone groups is 1. The monoisotopic (exact) mass is 367 g/mol. The van der Waals surface area contributed by atoms with Gasteiger partial charge in [0.1, 0.15) is 12.1 Å². The van der Waals surface area contributed by atoms with Crippen molar-refractivity contribution in [2.24, 2.45) is 7.05 Å². The maximum absolute atomic E-state index is 12.6. The standard InChI is InChI=1S/C15H21N5O4S/c1-10-13(11(2)24-18-10)8-14(21)20-6-4-12(5-7-20)25(22,23)15-17-16-9-19(15)3/h9,12H,4-8H2,1-3H3. The molecule has 0 aliphatic carbocycles. The Morgan fingerprint density at radius 2 is 2.00 bits per heavy atom. The van der Waals surface area contributed by atoms with Gasteiger partial charge in [-0.2, -0.15) is 0 Å². The Hall–Kier alpha value is -2.23. The van der Waals surface area contributed by atoms with E-state index >= 15 is 0 Å². The van der Waals surface area contributed by atoms with Crippen molar-refractivity contribution >= 4 is 15.7 Å². The SMILES string of the molecule is Cc1noc(C)c1CC(=O)N1CCC(S(=O)(=O)c2nncn2C)CC1. The number of aromatic nitrogens is 4. The first-order chi connectivity index (χ1) is 11.8. The first-order valence-corrected chi connectivity index (χ1v) is 9.62. The number of rotatable bonds is 4. The van der Waals surface area contributed by atoms with E-state index in [1.807, 2.05) is 0 Å². The van der Waals surface area contributed by atoms with Crippen LogP contribution in [0.4, 0.5) is 0 Å². The number of hydrogen-bond donors (Lipinski definition) is 0. The Morgan fingerprint density at radius 1 is 1.32 bits per heavy atom. The molecule has 3 heterocycles. The highest BCUT2D eigenvalue weighted by Gasteiger charge is 2.35. The van der Waals surface area contributed by atoms with Gasteiger partial charge >= 0.3 is 0 Å². The van der Waals surface area contributed by atoms with E-state index in [0.717, 1.165) is 5.56 Å². The number of piperidine rings is 1. The quantitative estimate of drug-likeness (QED) is 0.770. The summed E-state index contributed by atoms with van der Waals surface area (Å²) in [6.07, 6.45) is 2.38. The second-order valence-electron chi connectivity index (χ2n) is 6.33.